The average molecular weight is 167 g/mol. The van der Waals surface area contributed by atoms with E-state index in [1.807, 2.05) is 13.0 Å². The van der Waals surface area contributed by atoms with Crippen molar-refractivity contribution in [3.63, 3.8) is 0 Å². The van der Waals surface area contributed by atoms with E-state index in [0.717, 1.165) is 30.5 Å². The number of halogens is 1. The van der Waals surface area contributed by atoms with Crippen LogP contribution in [0.3, 0.4) is 0 Å². The summed E-state index contributed by atoms with van der Waals surface area (Å²) >= 11 is 0. The van der Waals surface area contributed by atoms with Gasteiger partial charge < -0.3 is 0 Å². The summed E-state index contributed by atoms with van der Waals surface area (Å²) in [5.41, 5.74) is 1.82. The van der Waals surface area contributed by atoms with E-state index in [4.69, 9.17) is 0 Å². The van der Waals surface area contributed by atoms with Crippen LogP contribution in [0.2, 0.25) is 0 Å². The van der Waals surface area contributed by atoms with Gasteiger partial charge in [-0.1, -0.05) is 13.3 Å². The van der Waals surface area contributed by atoms with Crippen molar-refractivity contribution in [1.82, 2.24) is 4.98 Å². The summed E-state index contributed by atoms with van der Waals surface area (Å²) in [5, 5.41) is 0. The highest BCUT2D eigenvalue weighted by Crippen LogP contribution is 2.07. The smallest absolute Gasteiger partial charge is 0.213 e. The zero-order valence-electron chi connectivity index (χ0n) is 7.60. The van der Waals surface area contributed by atoms with Gasteiger partial charge in [0.1, 0.15) is 0 Å². The normalized spacial score (nSPS) is 10.2. The minimum atomic E-state index is -0.360. The van der Waals surface area contributed by atoms with Gasteiger partial charge in [-0.2, -0.15) is 4.39 Å². The molecule has 0 amide bonds. The molecule has 0 saturated carbocycles. The van der Waals surface area contributed by atoms with E-state index in [0.29, 0.717) is 0 Å². The molecule has 66 valence electrons. The van der Waals surface area contributed by atoms with Gasteiger partial charge in [-0.25, -0.2) is 4.98 Å². The molecule has 2 heteroatoms. The van der Waals surface area contributed by atoms with E-state index in [1.54, 1.807) is 0 Å². The van der Waals surface area contributed by atoms with Crippen LogP contribution in [-0.2, 0) is 6.42 Å². The highest BCUT2D eigenvalue weighted by Gasteiger charge is 1.98. The van der Waals surface area contributed by atoms with Gasteiger partial charge in [-0.15, -0.1) is 0 Å². The number of unbranched alkanes of at least 4 members (excludes halogenated alkanes) is 1. The van der Waals surface area contributed by atoms with Crippen molar-refractivity contribution in [2.45, 2.75) is 33.1 Å². The lowest BCUT2D eigenvalue weighted by atomic mass is 10.1. The molecule has 1 nitrogen and oxygen atoms in total. The van der Waals surface area contributed by atoms with Gasteiger partial charge in [0, 0.05) is 5.69 Å². The Bertz CT molecular complexity index is 238. The second-order valence-corrected chi connectivity index (χ2v) is 3.04. The van der Waals surface area contributed by atoms with E-state index in [1.165, 1.54) is 6.07 Å². The molecule has 0 fully saturated rings. The third kappa shape index (κ3) is 2.61. The van der Waals surface area contributed by atoms with Crippen LogP contribution in [0.4, 0.5) is 4.39 Å². The molecule has 1 rings (SSSR count). The first kappa shape index (κ1) is 9.17. The monoisotopic (exact) mass is 167 g/mol. The molecule has 1 aromatic rings. The number of hydrogen-bond acceptors (Lipinski definition) is 1. The largest absolute Gasteiger partial charge is 0.225 e. The van der Waals surface area contributed by atoms with Crippen molar-refractivity contribution in [1.29, 1.82) is 0 Å². The molecule has 0 unspecified atom stereocenters. The summed E-state index contributed by atoms with van der Waals surface area (Å²) in [6.45, 7) is 3.95. The molecular formula is C10H14FN. The fourth-order valence-corrected chi connectivity index (χ4v) is 1.22. The number of hydrogen-bond donors (Lipinski definition) is 0. The zero-order chi connectivity index (χ0) is 8.97. The molecular weight excluding hydrogens is 153 g/mol. The Kier molecular flexibility index (Phi) is 3.20. The van der Waals surface area contributed by atoms with Gasteiger partial charge in [0.05, 0.1) is 0 Å². The molecule has 0 N–H and O–H groups in total. The summed E-state index contributed by atoms with van der Waals surface area (Å²) in [6.07, 6.45) is 3.21. The molecule has 0 atom stereocenters. The zero-order valence-corrected chi connectivity index (χ0v) is 7.60. The second kappa shape index (κ2) is 4.19. The molecule has 1 aromatic heterocycles. The summed E-state index contributed by atoms with van der Waals surface area (Å²) in [6, 6.07) is 3.46. The molecule has 0 radical (unpaired) electrons. The molecule has 0 aliphatic carbocycles. The van der Waals surface area contributed by atoms with E-state index in [2.05, 4.69) is 11.9 Å². The molecule has 0 aliphatic rings. The Hall–Kier alpha value is -0.920. The van der Waals surface area contributed by atoms with Crippen LogP contribution >= 0.6 is 0 Å². The molecule has 0 aliphatic heterocycles. The van der Waals surface area contributed by atoms with Gasteiger partial charge in [-0.05, 0) is 37.5 Å². The minimum absolute atomic E-state index is 0.360. The Morgan fingerprint density at radius 2 is 2.17 bits per heavy atom. The van der Waals surface area contributed by atoms with Crippen molar-refractivity contribution in [3.05, 3.63) is 29.3 Å². The number of aryl methyl sites for hydroxylation is 2. The molecule has 0 aromatic carbocycles. The van der Waals surface area contributed by atoms with Crippen LogP contribution in [0.5, 0.6) is 0 Å². The first-order valence-electron chi connectivity index (χ1n) is 4.35. The summed E-state index contributed by atoms with van der Waals surface area (Å²) < 4.78 is 12.7. The van der Waals surface area contributed by atoms with Crippen LogP contribution in [0.1, 0.15) is 31.0 Å². The van der Waals surface area contributed by atoms with Crippen molar-refractivity contribution in [2.24, 2.45) is 0 Å². The maximum atomic E-state index is 12.7. The van der Waals surface area contributed by atoms with Crippen LogP contribution in [0, 0.1) is 12.9 Å². The van der Waals surface area contributed by atoms with Gasteiger partial charge >= 0.3 is 0 Å². The Morgan fingerprint density at radius 1 is 1.42 bits per heavy atom. The van der Waals surface area contributed by atoms with E-state index < -0.39 is 0 Å². The molecule has 0 saturated heterocycles. The van der Waals surface area contributed by atoms with E-state index in [9.17, 15) is 4.39 Å². The lowest BCUT2D eigenvalue weighted by Gasteiger charge is -2.00. The van der Waals surface area contributed by atoms with Crippen LogP contribution in [-0.4, -0.2) is 4.98 Å². The maximum absolute atomic E-state index is 12.7. The highest BCUT2D eigenvalue weighted by molar-refractivity contribution is 5.16. The minimum Gasteiger partial charge on any atom is -0.225 e. The van der Waals surface area contributed by atoms with Gasteiger partial charge in [0.25, 0.3) is 0 Å². The van der Waals surface area contributed by atoms with Gasteiger partial charge in [0.15, 0.2) is 0 Å². The van der Waals surface area contributed by atoms with Crippen LogP contribution in [0.25, 0.3) is 0 Å². The third-order valence-electron chi connectivity index (χ3n) is 1.80. The number of nitrogens with zero attached hydrogens (tertiary/aromatic N) is 1. The first-order chi connectivity index (χ1) is 5.72. The van der Waals surface area contributed by atoms with Gasteiger partial charge in [-0.3, -0.25) is 0 Å². The van der Waals surface area contributed by atoms with Crippen molar-refractivity contribution >= 4 is 0 Å². The lowest BCUT2D eigenvalue weighted by molar-refractivity contribution is 0.576. The number of rotatable bonds is 3. The predicted octanol–water partition coefficient (Wildman–Crippen LogP) is 2.87. The standard InChI is InChI=1S/C10H14FN/c1-3-4-5-9-6-8(2)12-10(11)7-9/h6-7H,3-5H2,1-2H3. The average Bonchev–Trinajstić information content (AvgIpc) is 1.99. The number of aromatic nitrogens is 1. The van der Waals surface area contributed by atoms with Crippen molar-refractivity contribution < 1.29 is 4.39 Å². The molecule has 1 heterocycles. The van der Waals surface area contributed by atoms with Crippen LogP contribution in [0.15, 0.2) is 12.1 Å². The number of pyridine rings is 1. The predicted molar refractivity (Wildman–Crippen MR) is 47.5 cm³/mol. The highest BCUT2D eigenvalue weighted by atomic mass is 19.1. The Balaban J connectivity index is 2.72. The second-order valence-electron chi connectivity index (χ2n) is 3.04. The maximum Gasteiger partial charge on any atom is 0.213 e. The fourth-order valence-electron chi connectivity index (χ4n) is 1.22. The Labute approximate surface area is 72.6 Å². The molecule has 12 heavy (non-hydrogen) atoms. The summed E-state index contributed by atoms with van der Waals surface area (Å²) in [5.74, 6) is -0.360. The first-order valence-corrected chi connectivity index (χ1v) is 4.35. The molecule has 0 bridgehead atoms. The summed E-state index contributed by atoms with van der Waals surface area (Å²) in [7, 11) is 0. The topological polar surface area (TPSA) is 12.9 Å². The van der Waals surface area contributed by atoms with E-state index in [-0.39, 0.29) is 5.95 Å². The van der Waals surface area contributed by atoms with Gasteiger partial charge in [0.2, 0.25) is 5.95 Å². The third-order valence-corrected chi connectivity index (χ3v) is 1.80. The van der Waals surface area contributed by atoms with E-state index >= 15 is 0 Å². The Morgan fingerprint density at radius 3 is 2.75 bits per heavy atom. The lowest BCUT2D eigenvalue weighted by Crippen LogP contribution is -1.92. The quantitative estimate of drug-likeness (QED) is 0.631. The fraction of sp³-hybridized carbons (Fsp3) is 0.500. The summed E-state index contributed by atoms with van der Waals surface area (Å²) in [4.78, 5) is 3.68. The SMILES string of the molecule is CCCCc1cc(C)nc(F)c1. The molecule has 0 spiro atoms. The van der Waals surface area contributed by atoms with Crippen molar-refractivity contribution in [2.75, 3.05) is 0 Å². The van der Waals surface area contributed by atoms with Crippen molar-refractivity contribution in [3.8, 4) is 0 Å². The van der Waals surface area contributed by atoms with Crippen LogP contribution < -0.4 is 0 Å².